The monoisotopic (exact) mass is 358 g/mol. The molecule has 2 saturated heterocycles. The van der Waals surface area contributed by atoms with E-state index in [4.69, 9.17) is 4.74 Å². The van der Waals surface area contributed by atoms with Gasteiger partial charge in [0.1, 0.15) is 5.75 Å². The highest BCUT2D eigenvalue weighted by Crippen LogP contribution is 2.43. The molecule has 2 aliphatic rings. The van der Waals surface area contributed by atoms with E-state index in [1.165, 1.54) is 0 Å². The zero-order valence-corrected chi connectivity index (χ0v) is 16.7. The molecular formula is C22H34N2O2. The third kappa shape index (κ3) is 4.22. The summed E-state index contributed by atoms with van der Waals surface area (Å²) in [4.78, 5) is 17.7. The lowest BCUT2D eigenvalue weighted by atomic mass is 9.77. The third-order valence-corrected chi connectivity index (χ3v) is 5.86. The van der Waals surface area contributed by atoms with Gasteiger partial charge in [0, 0.05) is 18.8 Å². The Labute approximate surface area is 158 Å². The lowest BCUT2D eigenvalue weighted by Gasteiger charge is -2.38. The van der Waals surface area contributed by atoms with Crippen LogP contribution in [0.4, 0.5) is 5.69 Å². The molecule has 1 aromatic rings. The Morgan fingerprint density at radius 1 is 1.08 bits per heavy atom. The van der Waals surface area contributed by atoms with E-state index in [2.05, 4.69) is 25.7 Å². The summed E-state index contributed by atoms with van der Waals surface area (Å²) in [7, 11) is 0. The van der Waals surface area contributed by atoms with Crippen molar-refractivity contribution in [1.82, 2.24) is 4.90 Å². The van der Waals surface area contributed by atoms with Crippen molar-refractivity contribution in [3.8, 4) is 5.75 Å². The van der Waals surface area contributed by atoms with Crippen LogP contribution in [0.3, 0.4) is 0 Å². The van der Waals surface area contributed by atoms with Crippen molar-refractivity contribution in [2.24, 2.45) is 11.3 Å². The minimum atomic E-state index is -0.121. The molecule has 1 aromatic carbocycles. The second-order valence-electron chi connectivity index (χ2n) is 8.38. The van der Waals surface area contributed by atoms with Gasteiger partial charge in [-0.3, -0.25) is 4.79 Å². The zero-order valence-electron chi connectivity index (χ0n) is 16.7. The summed E-state index contributed by atoms with van der Waals surface area (Å²) < 4.78 is 5.74. The maximum Gasteiger partial charge on any atom is 0.233 e. The van der Waals surface area contributed by atoms with E-state index in [1.54, 1.807) is 0 Å². The maximum absolute atomic E-state index is 13.2. The van der Waals surface area contributed by atoms with Crippen LogP contribution in [0, 0.1) is 11.3 Å². The summed E-state index contributed by atoms with van der Waals surface area (Å²) in [6.45, 7) is 11.6. The Morgan fingerprint density at radius 3 is 2.35 bits per heavy atom. The van der Waals surface area contributed by atoms with E-state index in [0.29, 0.717) is 11.8 Å². The molecule has 0 N–H and O–H groups in total. The van der Waals surface area contributed by atoms with Crippen LogP contribution >= 0.6 is 0 Å². The van der Waals surface area contributed by atoms with Gasteiger partial charge in [-0.05, 0) is 69.0 Å². The van der Waals surface area contributed by atoms with Gasteiger partial charge in [0.15, 0.2) is 0 Å². The second kappa shape index (κ2) is 8.43. The minimum absolute atomic E-state index is 0.121. The molecule has 4 nitrogen and oxygen atoms in total. The van der Waals surface area contributed by atoms with E-state index in [9.17, 15) is 4.79 Å². The van der Waals surface area contributed by atoms with Gasteiger partial charge in [-0.15, -0.1) is 0 Å². The molecule has 4 heteroatoms. The van der Waals surface area contributed by atoms with E-state index < -0.39 is 0 Å². The first-order valence-electron chi connectivity index (χ1n) is 10.3. The van der Waals surface area contributed by atoms with Crippen molar-refractivity contribution in [2.45, 2.75) is 52.9 Å². The summed E-state index contributed by atoms with van der Waals surface area (Å²) >= 11 is 0. The van der Waals surface area contributed by atoms with Crippen molar-refractivity contribution < 1.29 is 9.53 Å². The summed E-state index contributed by atoms with van der Waals surface area (Å²) in [5.41, 5.74) is 0.892. The zero-order chi connectivity index (χ0) is 18.6. The number of unbranched alkanes of at least 4 members (excludes halogenated alkanes) is 1. The van der Waals surface area contributed by atoms with Crippen molar-refractivity contribution in [2.75, 3.05) is 37.7 Å². The first kappa shape index (κ1) is 19.2. The Kier molecular flexibility index (Phi) is 6.23. The number of carbonyl (C=O) groups excluding carboxylic acids is 1. The SMILES string of the molecule is CCCCOc1ccc(N2CCC3(CCN(CC(C)C)CC3)C2=O)cc1. The van der Waals surface area contributed by atoms with Gasteiger partial charge >= 0.3 is 0 Å². The van der Waals surface area contributed by atoms with Crippen molar-refractivity contribution >= 4 is 11.6 Å². The van der Waals surface area contributed by atoms with Crippen LogP contribution < -0.4 is 9.64 Å². The van der Waals surface area contributed by atoms with Crippen molar-refractivity contribution in [3.63, 3.8) is 0 Å². The Morgan fingerprint density at radius 2 is 1.73 bits per heavy atom. The highest BCUT2D eigenvalue weighted by molar-refractivity contribution is 6.00. The molecule has 0 aliphatic carbocycles. The van der Waals surface area contributed by atoms with Gasteiger partial charge in [-0.1, -0.05) is 27.2 Å². The van der Waals surface area contributed by atoms with Crippen LogP contribution in [0.15, 0.2) is 24.3 Å². The number of rotatable bonds is 7. The number of anilines is 1. The van der Waals surface area contributed by atoms with Gasteiger partial charge < -0.3 is 14.5 Å². The number of hydrogen-bond acceptors (Lipinski definition) is 3. The van der Waals surface area contributed by atoms with E-state index in [1.807, 2.05) is 29.2 Å². The molecule has 0 saturated carbocycles. The Balaban J connectivity index is 1.59. The van der Waals surface area contributed by atoms with E-state index in [0.717, 1.165) is 76.3 Å². The third-order valence-electron chi connectivity index (χ3n) is 5.86. The molecule has 1 spiro atoms. The summed E-state index contributed by atoms with van der Waals surface area (Å²) in [6, 6.07) is 8.06. The first-order valence-corrected chi connectivity index (χ1v) is 10.3. The number of ether oxygens (including phenoxy) is 1. The summed E-state index contributed by atoms with van der Waals surface area (Å²) in [5, 5.41) is 0. The van der Waals surface area contributed by atoms with Crippen LogP contribution in [0.2, 0.25) is 0 Å². The molecule has 144 valence electrons. The lowest BCUT2D eigenvalue weighted by Crippen LogP contribution is -2.45. The van der Waals surface area contributed by atoms with Crippen LogP contribution in [0.5, 0.6) is 5.75 Å². The fraction of sp³-hybridized carbons (Fsp3) is 0.682. The smallest absolute Gasteiger partial charge is 0.233 e. The van der Waals surface area contributed by atoms with Gasteiger partial charge in [0.25, 0.3) is 0 Å². The standard InChI is InChI=1S/C22H34N2O2/c1-4-5-16-26-20-8-6-19(7-9-20)24-15-12-22(21(24)25)10-13-23(14-11-22)17-18(2)3/h6-9,18H,4-5,10-17H2,1-3H3. The minimum Gasteiger partial charge on any atom is -0.494 e. The number of hydrogen-bond donors (Lipinski definition) is 0. The van der Waals surface area contributed by atoms with Crippen molar-refractivity contribution in [1.29, 1.82) is 0 Å². The van der Waals surface area contributed by atoms with Gasteiger partial charge in [0.05, 0.1) is 12.0 Å². The molecule has 0 unspecified atom stereocenters. The average molecular weight is 359 g/mol. The molecule has 0 bridgehead atoms. The number of carbonyl (C=O) groups is 1. The van der Waals surface area contributed by atoms with Gasteiger partial charge in [-0.2, -0.15) is 0 Å². The highest BCUT2D eigenvalue weighted by Gasteiger charge is 2.48. The molecule has 2 fully saturated rings. The molecule has 2 aliphatic heterocycles. The fourth-order valence-corrected chi connectivity index (χ4v) is 4.27. The van der Waals surface area contributed by atoms with Gasteiger partial charge in [0.2, 0.25) is 5.91 Å². The number of likely N-dealkylation sites (tertiary alicyclic amines) is 1. The van der Waals surface area contributed by atoms with Crippen LogP contribution in [-0.4, -0.2) is 43.6 Å². The molecule has 0 atom stereocenters. The Hall–Kier alpha value is -1.55. The number of benzene rings is 1. The number of nitrogens with zero attached hydrogens (tertiary/aromatic N) is 2. The number of piperidine rings is 1. The van der Waals surface area contributed by atoms with E-state index in [-0.39, 0.29) is 5.41 Å². The topological polar surface area (TPSA) is 32.8 Å². The second-order valence-corrected chi connectivity index (χ2v) is 8.38. The molecule has 3 rings (SSSR count). The van der Waals surface area contributed by atoms with Gasteiger partial charge in [-0.25, -0.2) is 0 Å². The summed E-state index contributed by atoms with van der Waals surface area (Å²) in [6.07, 6.45) is 5.22. The molecule has 0 aromatic heterocycles. The molecule has 1 amide bonds. The fourth-order valence-electron chi connectivity index (χ4n) is 4.27. The average Bonchev–Trinajstić information content (AvgIpc) is 2.94. The van der Waals surface area contributed by atoms with Crippen LogP contribution in [0.25, 0.3) is 0 Å². The molecular weight excluding hydrogens is 324 g/mol. The normalized spacial score (nSPS) is 20.3. The summed E-state index contributed by atoms with van der Waals surface area (Å²) in [5.74, 6) is 1.92. The molecule has 2 heterocycles. The quantitative estimate of drug-likeness (QED) is 0.680. The number of amides is 1. The largest absolute Gasteiger partial charge is 0.494 e. The van der Waals surface area contributed by atoms with E-state index >= 15 is 0 Å². The maximum atomic E-state index is 13.2. The van der Waals surface area contributed by atoms with Crippen LogP contribution in [-0.2, 0) is 4.79 Å². The predicted molar refractivity (Wildman–Crippen MR) is 107 cm³/mol. The first-order chi connectivity index (χ1) is 12.5. The Bertz CT molecular complexity index is 589. The van der Waals surface area contributed by atoms with Crippen molar-refractivity contribution in [3.05, 3.63) is 24.3 Å². The lowest BCUT2D eigenvalue weighted by molar-refractivity contribution is -0.128. The predicted octanol–water partition coefficient (Wildman–Crippen LogP) is 4.34. The highest BCUT2D eigenvalue weighted by atomic mass is 16.5. The molecule has 0 radical (unpaired) electrons. The molecule has 26 heavy (non-hydrogen) atoms. The van der Waals surface area contributed by atoms with Crippen LogP contribution in [0.1, 0.15) is 52.9 Å².